The number of aliphatic hydroxyl groups excluding tert-OH is 1. The average molecular weight is 456 g/mol. The summed E-state index contributed by atoms with van der Waals surface area (Å²) in [6.07, 6.45) is 0. The number of hydrogen-bond acceptors (Lipinski definition) is 7. The fraction of sp³-hybridized carbons (Fsp3) is 0.115. The molecule has 0 saturated carbocycles. The highest BCUT2D eigenvalue weighted by molar-refractivity contribution is 6.51. The predicted molar refractivity (Wildman–Crippen MR) is 124 cm³/mol. The van der Waals surface area contributed by atoms with Crippen LogP contribution in [0.4, 0.5) is 5.69 Å². The van der Waals surface area contributed by atoms with Crippen LogP contribution >= 0.6 is 0 Å². The summed E-state index contributed by atoms with van der Waals surface area (Å²) < 4.78 is 10.8. The van der Waals surface area contributed by atoms with Crippen LogP contribution < -0.4 is 14.4 Å². The van der Waals surface area contributed by atoms with Crippen molar-refractivity contribution in [3.8, 4) is 23.3 Å². The first-order chi connectivity index (χ1) is 16.4. The lowest BCUT2D eigenvalue weighted by atomic mass is 9.94. The van der Waals surface area contributed by atoms with Gasteiger partial charge < -0.3 is 19.7 Å². The normalized spacial score (nSPS) is 16.9. The third-order valence-electron chi connectivity index (χ3n) is 5.59. The molecule has 1 unspecified atom stereocenters. The van der Waals surface area contributed by atoms with Crippen LogP contribution in [0.25, 0.3) is 5.76 Å². The molecular formula is C26H20N2O6. The maximum absolute atomic E-state index is 13.3. The molecule has 1 saturated heterocycles. The number of ether oxygens (including phenoxy) is 2. The number of hydrogen-bond donors (Lipinski definition) is 2. The van der Waals surface area contributed by atoms with E-state index in [0.717, 1.165) is 0 Å². The molecule has 1 aliphatic heterocycles. The van der Waals surface area contributed by atoms with E-state index in [4.69, 9.17) is 14.7 Å². The van der Waals surface area contributed by atoms with Crippen molar-refractivity contribution in [2.45, 2.75) is 6.04 Å². The summed E-state index contributed by atoms with van der Waals surface area (Å²) in [5, 5.41) is 30.3. The number of Topliss-reactive ketones (excluding diaryl/α,β-unsaturated/α-hetero) is 1. The maximum atomic E-state index is 13.3. The number of benzene rings is 3. The van der Waals surface area contributed by atoms with E-state index in [0.29, 0.717) is 16.8 Å². The van der Waals surface area contributed by atoms with Crippen molar-refractivity contribution >= 4 is 23.1 Å². The number of carbonyl (C=O) groups excluding carboxylic acids is 2. The van der Waals surface area contributed by atoms with Gasteiger partial charge in [0.25, 0.3) is 11.7 Å². The highest BCUT2D eigenvalue weighted by Gasteiger charge is 2.47. The zero-order valence-electron chi connectivity index (χ0n) is 18.4. The van der Waals surface area contributed by atoms with Crippen LogP contribution in [0.1, 0.15) is 22.7 Å². The topological polar surface area (TPSA) is 120 Å². The number of nitrogens with zero attached hydrogens (tertiary/aromatic N) is 2. The minimum atomic E-state index is -1.01. The monoisotopic (exact) mass is 456 g/mol. The molecule has 0 radical (unpaired) electrons. The van der Waals surface area contributed by atoms with E-state index in [-0.39, 0.29) is 28.4 Å². The third-order valence-corrected chi connectivity index (χ3v) is 5.59. The lowest BCUT2D eigenvalue weighted by Gasteiger charge is -2.25. The van der Waals surface area contributed by atoms with Crippen molar-refractivity contribution in [2.24, 2.45) is 0 Å². The second-order valence-electron chi connectivity index (χ2n) is 7.46. The summed E-state index contributed by atoms with van der Waals surface area (Å²) >= 11 is 0. The smallest absolute Gasteiger partial charge is 0.300 e. The second kappa shape index (κ2) is 9.00. The fourth-order valence-corrected chi connectivity index (χ4v) is 3.99. The van der Waals surface area contributed by atoms with E-state index in [1.165, 1.54) is 43.4 Å². The van der Waals surface area contributed by atoms with Crippen molar-refractivity contribution in [3.05, 3.63) is 89.0 Å². The first-order valence-electron chi connectivity index (χ1n) is 10.2. The van der Waals surface area contributed by atoms with Crippen molar-refractivity contribution in [1.29, 1.82) is 5.26 Å². The quantitative estimate of drug-likeness (QED) is 0.339. The van der Waals surface area contributed by atoms with Crippen LogP contribution in [0.5, 0.6) is 17.2 Å². The molecule has 1 atom stereocenters. The molecule has 170 valence electrons. The summed E-state index contributed by atoms with van der Waals surface area (Å²) in [7, 11) is 2.83. The van der Waals surface area contributed by atoms with Gasteiger partial charge >= 0.3 is 0 Å². The first kappa shape index (κ1) is 22.4. The van der Waals surface area contributed by atoms with Gasteiger partial charge in [0, 0.05) is 5.69 Å². The van der Waals surface area contributed by atoms with E-state index in [2.05, 4.69) is 0 Å². The van der Waals surface area contributed by atoms with Crippen molar-refractivity contribution in [2.75, 3.05) is 19.1 Å². The summed E-state index contributed by atoms with van der Waals surface area (Å²) in [6, 6.07) is 18.0. The Morgan fingerprint density at radius 2 is 1.53 bits per heavy atom. The van der Waals surface area contributed by atoms with E-state index in [9.17, 15) is 19.8 Å². The highest BCUT2D eigenvalue weighted by Crippen LogP contribution is 2.45. The number of carbonyl (C=O) groups is 2. The van der Waals surface area contributed by atoms with Gasteiger partial charge in [-0.1, -0.05) is 18.2 Å². The molecule has 0 spiro atoms. The molecule has 4 rings (SSSR count). The van der Waals surface area contributed by atoms with Crippen LogP contribution in [-0.4, -0.2) is 36.1 Å². The molecule has 34 heavy (non-hydrogen) atoms. The number of methoxy groups -OCH3 is 2. The largest absolute Gasteiger partial charge is 0.508 e. The predicted octanol–water partition coefficient (Wildman–Crippen LogP) is 3.91. The van der Waals surface area contributed by atoms with Crippen LogP contribution in [-0.2, 0) is 9.59 Å². The van der Waals surface area contributed by atoms with Gasteiger partial charge in [-0.05, 0) is 54.1 Å². The zero-order chi connectivity index (χ0) is 24.4. The van der Waals surface area contributed by atoms with Crippen LogP contribution in [0.2, 0.25) is 0 Å². The average Bonchev–Trinajstić information content (AvgIpc) is 3.13. The minimum Gasteiger partial charge on any atom is -0.508 e. The van der Waals surface area contributed by atoms with Crippen LogP contribution in [0.3, 0.4) is 0 Å². The van der Waals surface area contributed by atoms with Gasteiger partial charge in [-0.3, -0.25) is 14.5 Å². The summed E-state index contributed by atoms with van der Waals surface area (Å²) in [4.78, 5) is 27.8. The molecule has 0 aliphatic carbocycles. The number of aromatic hydroxyl groups is 1. The number of nitriles is 1. The Morgan fingerprint density at radius 3 is 2.06 bits per heavy atom. The Morgan fingerprint density at radius 1 is 0.941 bits per heavy atom. The molecule has 1 aliphatic rings. The van der Waals surface area contributed by atoms with Crippen LogP contribution in [0, 0.1) is 11.3 Å². The third kappa shape index (κ3) is 3.69. The minimum absolute atomic E-state index is 0.00507. The number of ketones is 1. The standard InChI is InChI=1S/C26H20N2O6/c1-33-19-4-3-5-20(34-2)21(19)24(30)22-23(16-8-12-18(29)13-9-16)28(26(32)25(22)31)17-10-6-15(14-27)7-11-17/h3-13,23,29-30H,1-2H3/b24-22+. The Kier molecular flexibility index (Phi) is 5.94. The molecule has 8 heteroatoms. The fourth-order valence-electron chi connectivity index (χ4n) is 3.99. The molecule has 8 nitrogen and oxygen atoms in total. The zero-order valence-corrected chi connectivity index (χ0v) is 18.4. The molecule has 3 aromatic carbocycles. The lowest BCUT2D eigenvalue weighted by Crippen LogP contribution is -2.29. The molecule has 1 fully saturated rings. The van der Waals surface area contributed by atoms with Gasteiger partial charge in [-0.15, -0.1) is 0 Å². The van der Waals surface area contributed by atoms with Gasteiger partial charge in [-0.2, -0.15) is 5.26 Å². The number of aliphatic hydroxyl groups is 1. The number of amides is 1. The first-order valence-corrected chi connectivity index (χ1v) is 10.2. The van der Waals surface area contributed by atoms with Crippen molar-refractivity contribution in [1.82, 2.24) is 0 Å². The Balaban J connectivity index is 1.99. The van der Waals surface area contributed by atoms with Gasteiger partial charge in [0.2, 0.25) is 0 Å². The van der Waals surface area contributed by atoms with E-state index < -0.39 is 23.5 Å². The number of phenolic OH excluding ortho intramolecular Hbond substituents is 1. The summed E-state index contributed by atoms with van der Waals surface area (Å²) in [5.41, 5.74) is 1.21. The van der Waals surface area contributed by atoms with Crippen molar-refractivity contribution in [3.63, 3.8) is 0 Å². The molecule has 0 bridgehead atoms. The lowest BCUT2D eigenvalue weighted by molar-refractivity contribution is -0.132. The number of phenols is 1. The SMILES string of the molecule is COc1cccc(OC)c1/C(O)=C1\C(=O)C(=O)N(c2ccc(C#N)cc2)C1c1ccc(O)cc1. The maximum Gasteiger partial charge on any atom is 0.300 e. The van der Waals surface area contributed by atoms with Crippen molar-refractivity contribution < 1.29 is 29.3 Å². The Labute approximate surface area is 195 Å². The van der Waals surface area contributed by atoms with Gasteiger partial charge in [0.05, 0.1) is 37.5 Å². The molecule has 0 aromatic heterocycles. The molecule has 2 N–H and O–H groups in total. The summed E-state index contributed by atoms with van der Waals surface area (Å²) in [6.45, 7) is 0. The van der Waals surface area contributed by atoms with E-state index >= 15 is 0 Å². The highest BCUT2D eigenvalue weighted by atomic mass is 16.5. The van der Waals surface area contributed by atoms with E-state index in [1.807, 2.05) is 6.07 Å². The molecule has 3 aromatic rings. The van der Waals surface area contributed by atoms with Gasteiger partial charge in [-0.25, -0.2) is 0 Å². The van der Waals surface area contributed by atoms with E-state index in [1.54, 1.807) is 42.5 Å². The molecule has 1 heterocycles. The second-order valence-corrected chi connectivity index (χ2v) is 7.46. The Bertz CT molecular complexity index is 1310. The van der Waals surface area contributed by atoms with Gasteiger partial charge in [0.1, 0.15) is 28.6 Å². The number of rotatable bonds is 5. The molecular weight excluding hydrogens is 436 g/mol. The number of anilines is 1. The van der Waals surface area contributed by atoms with Gasteiger partial charge in [0.15, 0.2) is 0 Å². The van der Waals surface area contributed by atoms with Crippen LogP contribution in [0.15, 0.2) is 72.3 Å². The Hall–Kier alpha value is -4.77. The summed E-state index contributed by atoms with van der Waals surface area (Å²) in [5.74, 6) is -1.69. The molecule has 1 amide bonds.